The van der Waals surface area contributed by atoms with Crippen molar-refractivity contribution in [3.8, 4) is 11.3 Å². The number of nitrogens with one attached hydrogen (secondary N) is 2. The monoisotopic (exact) mass is 433 g/mol. The fourth-order valence-electron chi connectivity index (χ4n) is 5.54. The Bertz CT molecular complexity index is 1060. The summed E-state index contributed by atoms with van der Waals surface area (Å²) in [5, 5.41) is 7.03. The minimum absolute atomic E-state index is 0.778. The quantitative estimate of drug-likeness (QED) is 0.659. The van der Waals surface area contributed by atoms with Crippen LogP contribution in [0.25, 0.3) is 21.5 Å². The number of aryl methyl sites for hydroxylation is 1. The molecular weight excluding hydrogens is 402 g/mol. The van der Waals surface area contributed by atoms with Gasteiger partial charge in [-0.1, -0.05) is 12.1 Å². The lowest BCUT2D eigenvalue weighted by molar-refractivity contribution is 0.318. The number of rotatable bonds is 3. The molecule has 0 radical (unpaired) electrons. The standard InChI is InChI=1S/C25H31N5S/c1-17-12-23-25(31-17)24(30-15-19-6-7-27-14-20(19)16-30)13-22(28-23)18-2-4-21(5-3-18)29-10-8-26-9-11-29/h2-5,12-13,19-20,26-27H,6-11,14-16H2,1H3. The van der Waals surface area contributed by atoms with E-state index in [0.717, 1.165) is 55.8 Å². The Morgan fingerprint density at radius 1 is 0.935 bits per heavy atom. The van der Waals surface area contributed by atoms with Crippen LogP contribution in [0.1, 0.15) is 11.3 Å². The van der Waals surface area contributed by atoms with Crippen molar-refractivity contribution < 1.29 is 0 Å². The fourth-order valence-corrected chi connectivity index (χ4v) is 6.54. The third-order valence-electron chi connectivity index (χ3n) is 7.24. The lowest BCUT2D eigenvalue weighted by Gasteiger charge is -2.29. The van der Waals surface area contributed by atoms with Crippen LogP contribution in [0.4, 0.5) is 11.4 Å². The molecule has 3 fully saturated rings. The first-order chi connectivity index (χ1) is 15.2. The molecule has 5 heterocycles. The van der Waals surface area contributed by atoms with Crippen molar-refractivity contribution in [1.29, 1.82) is 0 Å². The first-order valence-corrected chi connectivity index (χ1v) is 12.5. The predicted octanol–water partition coefficient (Wildman–Crippen LogP) is 3.73. The zero-order chi connectivity index (χ0) is 20.8. The topological polar surface area (TPSA) is 43.4 Å². The minimum atomic E-state index is 0.778. The molecule has 6 rings (SSSR count). The Morgan fingerprint density at radius 3 is 2.55 bits per heavy atom. The summed E-state index contributed by atoms with van der Waals surface area (Å²) in [6.45, 7) is 11.2. The molecule has 6 heteroatoms. The molecule has 0 spiro atoms. The summed E-state index contributed by atoms with van der Waals surface area (Å²) in [5.74, 6) is 1.60. The van der Waals surface area contributed by atoms with Crippen molar-refractivity contribution >= 4 is 32.9 Å². The Kier molecular flexibility index (Phi) is 5.09. The van der Waals surface area contributed by atoms with Crippen molar-refractivity contribution in [2.45, 2.75) is 13.3 Å². The van der Waals surface area contributed by atoms with E-state index >= 15 is 0 Å². The molecule has 0 bridgehead atoms. The molecule has 0 saturated carbocycles. The molecule has 3 aliphatic rings. The van der Waals surface area contributed by atoms with Gasteiger partial charge in [-0.25, -0.2) is 4.98 Å². The number of nitrogens with zero attached hydrogens (tertiary/aromatic N) is 3. The lowest BCUT2D eigenvalue weighted by atomic mass is 9.90. The average Bonchev–Trinajstić information content (AvgIpc) is 3.41. The van der Waals surface area contributed by atoms with E-state index in [-0.39, 0.29) is 0 Å². The maximum absolute atomic E-state index is 5.08. The number of benzene rings is 1. The van der Waals surface area contributed by atoms with Gasteiger partial charge in [0, 0.05) is 55.4 Å². The van der Waals surface area contributed by atoms with Crippen molar-refractivity contribution in [3.05, 3.63) is 41.3 Å². The zero-order valence-electron chi connectivity index (χ0n) is 18.2. The summed E-state index contributed by atoms with van der Waals surface area (Å²) in [5.41, 5.74) is 6.16. The Labute approximate surface area is 188 Å². The molecule has 0 aliphatic carbocycles. The van der Waals surface area contributed by atoms with Crippen LogP contribution >= 0.6 is 11.3 Å². The van der Waals surface area contributed by atoms with Gasteiger partial charge in [0.25, 0.3) is 0 Å². The van der Waals surface area contributed by atoms with Crippen molar-refractivity contribution in [2.75, 3.05) is 62.2 Å². The van der Waals surface area contributed by atoms with E-state index in [4.69, 9.17) is 4.98 Å². The second kappa shape index (κ2) is 8.08. The molecule has 5 nitrogen and oxygen atoms in total. The molecule has 2 N–H and O–H groups in total. The number of thiophene rings is 1. The van der Waals surface area contributed by atoms with E-state index in [0.29, 0.717) is 0 Å². The Morgan fingerprint density at radius 2 is 1.74 bits per heavy atom. The average molecular weight is 434 g/mol. The van der Waals surface area contributed by atoms with Crippen molar-refractivity contribution in [1.82, 2.24) is 15.6 Å². The van der Waals surface area contributed by atoms with E-state index in [1.165, 1.54) is 52.6 Å². The summed E-state index contributed by atoms with van der Waals surface area (Å²) in [4.78, 5) is 11.5. The van der Waals surface area contributed by atoms with Gasteiger partial charge in [0.15, 0.2) is 0 Å². The van der Waals surface area contributed by atoms with E-state index < -0.39 is 0 Å². The first kappa shape index (κ1) is 19.5. The number of pyridine rings is 1. The smallest absolute Gasteiger partial charge is 0.0841 e. The van der Waals surface area contributed by atoms with Gasteiger partial charge in [-0.05, 0) is 62.5 Å². The highest BCUT2D eigenvalue weighted by molar-refractivity contribution is 7.19. The Hall–Kier alpha value is -2.15. The molecule has 2 unspecified atom stereocenters. The highest BCUT2D eigenvalue weighted by Gasteiger charge is 2.35. The van der Waals surface area contributed by atoms with E-state index in [1.54, 1.807) is 0 Å². The molecule has 3 aliphatic heterocycles. The summed E-state index contributed by atoms with van der Waals surface area (Å²) in [7, 11) is 0. The van der Waals surface area contributed by atoms with Crippen LogP contribution in [0, 0.1) is 18.8 Å². The van der Waals surface area contributed by atoms with Crippen LogP contribution in [0.15, 0.2) is 36.4 Å². The SMILES string of the molecule is Cc1cc2nc(-c3ccc(N4CCNCC4)cc3)cc(N3CC4CCNCC4C3)c2s1. The first-order valence-electron chi connectivity index (χ1n) is 11.7. The fraction of sp³-hybridized carbons (Fsp3) is 0.480. The Balaban J connectivity index is 1.35. The molecule has 0 amide bonds. The van der Waals surface area contributed by atoms with E-state index in [1.807, 2.05) is 11.3 Å². The van der Waals surface area contributed by atoms with Crippen molar-refractivity contribution in [3.63, 3.8) is 0 Å². The molecule has 3 saturated heterocycles. The molecule has 2 aromatic heterocycles. The van der Waals surface area contributed by atoms with Crippen LogP contribution in [0.2, 0.25) is 0 Å². The van der Waals surface area contributed by atoms with Crippen LogP contribution in [-0.4, -0.2) is 57.3 Å². The van der Waals surface area contributed by atoms with Crippen molar-refractivity contribution in [2.24, 2.45) is 11.8 Å². The second-order valence-corrected chi connectivity index (χ2v) is 10.6. The number of anilines is 2. The summed E-state index contributed by atoms with van der Waals surface area (Å²) >= 11 is 1.89. The van der Waals surface area contributed by atoms with Crippen LogP contribution in [0.3, 0.4) is 0 Å². The third kappa shape index (κ3) is 3.71. The summed E-state index contributed by atoms with van der Waals surface area (Å²) in [6.07, 6.45) is 1.30. The largest absolute Gasteiger partial charge is 0.370 e. The molecule has 162 valence electrons. The minimum Gasteiger partial charge on any atom is -0.370 e. The van der Waals surface area contributed by atoms with Crippen LogP contribution in [0.5, 0.6) is 0 Å². The summed E-state index contributed by atoms with van der Waals surface area (Å²) in [6, 6.07) is 13.6. The number of hydrogen-bond acceptors (Lipinski definition) is 6. The van der Waals surface area contributed by atoms with Gasteiger partial charge < -0.3 is 20.4 Å². The molecule has 3 aromatic rings. The highest BCUT2D eigenvalue weighted by Crippen LogP contribution is 2.40. The predicted molar refractivity (Wildman–Crippen MR) is 132 cm³/mol. The second-order valence-electron chi connectivity index (χ2n) is 9.30. The normalized spacial score (nSPS) is 24.0. The van der Waals surface area contributed by atoms with Gasteiger partial charge in [-0.15, -0.1) is 11.3 Å². The van der Waals surface area contributed by atoms with E-state index in [9.17, 15) is 0 Å². The van der Waals surface area contributed by atoms with Gasteiger partial charge in [-0.3, -0.25) is 0 Å². The van der Waals surface area contributed by atoms with Gasteiger partial charge >= 0.3 is 0 Å². The molecular formula is C25H31N5S. The van der Waals surface area contributed by atoms with Gasteiger partial charge in [0.1, 0.15) is 0 Å². The molecule has 1 aromatic carbocycles. The highest BCUT2D eigenvalue weighted by atomic mass is 32.1. The van der Waals surface area contributed by atoms with Gasteiger partial charge in [-0.2, -0.15) is 0 Å². The van der Waals surface area contributed by atoms with E-state index in [2.05, 4.69) is 63.8 Å². The number of aromatic nitrogens is 1. The lowest BCUT2D eigenvalue weighted by Crippen LogP contribution is -2.43. The number of hydrogen-bond donors (Lipinski definition) is 2. The molecule has 2 atom stereocenters. The third-order valence-corrected chi connectivity index (χ3v) is 8.31. The van der Waals surface area contributed by atoms with Gasteiger partial charge in [0.05, 0.1) is 21.6 Å². The maximum Gasteiger partial charge on any atom is 0.0841 e. The zero-order valence-corrected chi connectivity index (χ0v) is 19.0. The number of piperidine rings is 1. The van der Waals surface area contributed by atoms with Crippen LogP contribution < -0.4 is 20.4 Å². The van der Waals surface area contributed by atoms with Gasteiger partial charge in [0.2, 0.25) is 0 Å². The summed E-state index contributed by atoms with van der Waals surface area (Å²) < 4.78 is 1.35. The number of fused-ring (bicyclic) bond motifs is 2. The molecule has 31 heavy (non-hydrogen) atoms. The van der Waals surface area contributed by atoms with Crippen LogP contribution in [-0.2, 0) is 0 Å². The number of piperazine rings is 1. The maximum atomic E-state index is 5.08.